The summed E-state index contributed by atoms with van der Waals surface area (Å²) in [7, 11) is -2.43. The Morgan fingerprint density at radius 1 is 1.25 bits per heavy atom. The molecule has 0 aromatic heterocycles. The van der Waals surface area contributed by atoms with E-state index in [-0.39, 0.29) is 24.2 Å². The third-order valence-corrected chi connectivity index (χ3v) is 13.2. The maximum Gasteiger partial charge on any atom is 0.308 e. The maximum atomic E-state index is 13.3. The Morgan fingerprint density at radius 3 is 2.52 bits per heavy atom. The average molecular weight is 578 g/mol. The molecule has 2 fully saturated rings. The van der Waals surface area contributed by atoms with E-state index < -0.39 is 50.7 Å². The van der Waals surface area contributed by atoms with E-state index in [2.05, 4.69) is 50.8 Å². The molecule has 1 aromatic carbocycles. The minimum absolute atomic E-state index is 0.0487. The fraction of sp³-hybridized carbons (Fsp3) is 0.759. The van der Waals surface area contributed by atoms with E-state index in [4.69, 9.17) is 28.1 Å². The van der Waals surface area contributed by atoms with Gasteiger partial charge in [-0.15, -0.1) is 0 Å². The van der Waals surface area contributed by atoms with Crippen molar-refractivity contribution in [2.75, 3.05) is 6.61 Å². The molecular formula is C29H47N3O7Si. The van der Waals surface area contributed by atoms with Crippen molar-refractivity contribution in [1.29, 1.82) is 0 Å². The van der Waals surface area contributed by atoms with Crippen LogP contribution in [-0.4, -0.2) is 63.4 Å². The summed E-state index contributed by atoms with van der Waals surface area (Å²) in [6.07, 6.45) is -2.76. The Balaban J connectivity index is 1.83. The Bertz CT molecular complexity index is 1030. The first-order chi connectivity index (χ1) is 18.7. The van der Waals surface area contributed by atoms with Crippen LogP contribution in [-0.2, 0) is 39.5 Å². The summed E-state index contributed by atoms with van der Waals surface area (Å²) in [5.41, 5.74) is 10.6. The number of nitrogens with zero attached hydrogens (tertiary/aromatic N) is 3. The zero-order valence-electron chi connectivity index (χ0n) is 25.5. The van der Waals surface area contributed by atoms with Crippen LogP contribution < -0.4 is 0 Å². The fourth-order valence-electron chi connectivity index (χ4n) is 4.86. The fourth-order valence-corrected chi connectivity index (χ4v) is 7.33. The first-order valence-electron chi connectivity index (χ1n) is 14.2. The summed E-state index contributed by atoms with van der Waals surface area (Å²) >= 11 is 0. The second-order valence-electron chi connectivity index (χ2n) is 12.5. The first-order valence-corrected chi connectivity index (χ1v) is 17.2. The molecule has 0 saturated carbocycles. The van der Waals surface area contributed by atoms with E-state index in [9.17, 15) is 10.3 Å². The van der Waals surface area contributed by atoms with Crippen molar-refractivity contribution in [3.63, 3.8) is 0 Å². The quantitative estimate of drug-likeness (QED) is 0.0914. The van der Waals surface area contributed by atoms with E-state index >= 15 is 0 Å². The van der Waals surface area contributed by atoms with Gasteiger partial charge in [-0.3, -0.25) is 4.79 Å². The molecule has 40 heavy (non-hydrogen) atoms. The summed E-state index contributed by atoms with van der Waals surface area (Å²) in [5, 5.41) is 3.93. The van der Waals surface area contributed by atoms with Crippen molar-refractivity contribution in [2.24, 2.45) is 11.0 Å². The minimum Gasteiger partial charge on any atom is -0.459 e. The molecule has 0 aliphatic carbocycles. The van der Waals surface area contributed by atoms with Crippen molar-refractivity contribution in [3.05, 3.63) is 46.3 Å². The molecule has 1 aromatic rings. The molecule has 224 valence electrons. The molecule has 2 aliphatic rings. The van der Waals surface area contributed by atoms with E-state index in [1.54, 1.807) is 13.8 Å². The highest BCUT2D eigenvalue weighted by atomic mass is 28.4. The number of carbonyl (C=O) groups is 1. The molecule has 0 bridgehead atoms. The number of carbonyl (C=O) groups excluding carboxylic acids is 1. The number of azide groups is 1. The number of ether oxygens (including phenoxy) is 5. The van der Waals surface area contributed by atoms with E-state index in [0.717, 1.165) is 5.56 Å². The van der Waals surface area contributed by atoms with Crippen LogP contribution in [0.3, 0.4) is 0 Å². The molecule has 0 spiro atoms. The molecule has 0 amide bonds. The monoisotopic (exact) mass is 577 g/mol. The first kappa shape index (κ1) is 32.5. The van der Waals surface area contributed by atoms with Gasteiger partial charge in [0.05, 0.1) is 25.7 Å². The SMILES string of the molecule is CC[C@H](CC(=O)O[C@@H]1C(N=[N+]=[N-])[C@H](O[Si](C)(C)C(C)(C)C(C)C)OC2COC(C)(C)O[C@H]21)OCc1ccccc1. The van der Waals surface area contributed by atoms with E-state index in [1.165, 1.54) is 0 Å². The average Bonchev–Trinajstić information content (AvgIpc) is 2.88. The van der Waals surface area contributed by atoms with Gasteiger partial charge >= 0.3 is 5.97 Å². The minimum atomic E-state index is -2.43. The number of esters is 1. The van der Waals surface area contributed by atoms with Crippen molar-refractivity contribution < 1.29 is 32.9 Å². The lowest BCUT2D eigenvalue weighted by Crippen LogP contribution is -2.66. The molecule has 2 unspecified atom stereocenters. The summed E-state index contributed by atoms with van der Waals surface area (Å²) in [6.45, 7) is 19.1. The number of fused-ring (bicyclic) bond motifs is 1. The lowest BCUT2D eigenvalue weighted by Gasteiger charge is -2.52. The Morgan fingerprint density at radius 2 is 1.93 bits per heavy atom. The summed E-state index contributed by atoms with van der Waals surface area (Å²) < 4.78 is 37.2. The lowest BCUT2D eigenvalue weighted by atomic mass is 9.95. The summed E-state index contributed by atoms with van der Waals surface area (Å²) in [6, 6.07) is 8.87. The van der Waals surface area contributed by atoms with Gasteiger partial charge in [0.15, 0.2) is 20.4 Å². The van der Waals surface area contributed by atoms with E-state index in [1.807, 2.05) is 37.3 Å². The van der Waals surface area contributed by atoms with E-state index in [0.29, 0.717) is 18.9 Å². The van der Waals surface area contributed by atoms with Gasteiger partial charge in [0, 0.05) is 4.91 Å². The molecule has 2 saturated heterocycles. The Kier molecular flexibility index (Phi) is 10.8. The Labute approximate surface area is 239 Å². The summed E-state index contributed by atoms with van der Waals surface area (Å²) in [4.78, 5) is 16.4. The summed E-state index contributed by atoms with van der Waals surface area (Å²) in [5.74, 6) is -1.04. The molecule has 6 atom stereocenters. The van der Waals surface area contributed by atoms with Crippen LogP contribution in [0.15, 0.2) is 35.4 Å². The third-order valence-electron chi connectivity index (χ3n) is 8.67. The number of hydrogen-bond donors (Lipinski definition) is 0. The van der Waals surface area contributed by atoms with Gasteiger partial charge in [0.1, 0.15) is 24.4 Å². The van der Waals surface area contributed by atoms with Gasteiger partial charge in [0.25, 0.3) is 0 Å². The number of rotatable bonds is 12. The van der Waals surface area contributed by atoms with Gasteiger partial charge in [-0.05, 0) is 55.4 Å². The maximum absolute atomic E-state index is 13.3. The van der Waals surface area contributed by atoms with Crippen molar-refractivity contribution in [3.8, 4) is 0 Å². The molecule has 10 nitrogen and oxygen atoms in total. The van der Waals surface area contributed by atoms with Crippen LogP contribution in [0.25, 0.3) is 10.4 Å². The highest BCUT2D eigenvalue weighted by molar-refractivity contribution is 6.74. The lowest BCUT2D eigenvalue weighted by molar-refractivity contribution is -0.361. The van der Waals surface area contributed by atoms with Gasteiger partial charge in [-0.2, -0.15) is 0 Å². The van der Waals surface area contributed by atoms with Crippen LogP contribution >= 0.6 is 0 Å². The van der Waals surface area contributed by atoms with Gasteiger partial charge in [-0.1, -0.05) is 70.1 Å². The predicted octanol–water partition coefficient (Wildman–Crippen LogP) is 6.50. The van der Waals surface area contributed by atoms with Gasteiger partial charge < -0.3 is 28.1 Å². The van der Waals surface area contributed by atoms with Gasteiger partial charge in [0.2, 0.25) is 0 Å². The van der Waals surface area contributed by atoms with Crippen LogP contribution in [0.4, 0.5) is 0 Å². The molecule has 11 heteroatoms. The highest BCUT2D eigenvalue weighted by Gasteiger charge is 2.56. The topological polar surface area (TPSA) is 121 Å². The number of hydrogen-bond acceptors (Lipinski definition) is 8. The highest BCUT2D eigenvalue weighted by Crippen LogP contribution is 2.46. The molecule has 0 N–H and O–H groups in total. The van der Waals surface area contributed by atoms with Crippen LogP contribution in [0.2, 0.25) is 18.1 Å². The van der Waals surface area contributed by atoms with Gasteiger partial charge in [-0.25, -0.2) is 0 Å². The van der Waals surface area contributed by atoms with Crippen molar-refractivity contribution in [1.82, 2.24) is 0 Å². The Hall–Kier alpha value is -1.98. The molecule has 2 aliphatic heterocycles. The zero-order valence-corrected chi connectivity index (χ0v) is 26.5. The second kappa shape index (κ2) is 13.3. The second-order valence-corrected chi connectivity index (χ2v) is 17.1. The molecule has 2 heterocycles. The number of benzene rings is 1. The van der Waals surface area contributed by atoms with Crippen molar-refractivity contribution in [2.45, 2.75) is 129 Å². The molecule has 3 rings (SSSR count). The normalized spacial score (nSPS) is 27.4. The largest absolute Gasteiger partial charge is 0.459 e. The van der Waals surface area contributed by atoms with Crippen LogP contribution in [0, 0.1) is 5.92 Å². The smallest absolute Gasteiger partial charge is 0.308 e. The standard InChI is InChI=1S/C29H47N3O7Si/c1-10-21(34-17-20-14-12-11-13-15-20)16-23(33)37-26-24(31-32-30)27(39-40(8,9)28(4,5)19(2)3)36-22-18-35-29(6,7)38-25(22)26/h11-15,19,21-22,24-27H,10,16-18H2,1-9H3/t21-,22?,24?,25-,26-,27+/m1/s1. The van der Waals surface area contributed by atoms with Crippen molar-refractivity contribution >= 4 is 14.3 Å². The predicted molar refractivity (Wildman–Crippen MR) is 154 cm³/mol. The van der Waals surface area contributed by atoms with Crippen LogP contribution in [0.1, 0.15) is 66.9 Å². The molecule has 0 radical (unpaired) electrons. The zero-order chi connectivity index (χ0) is 29.7. The van der Waals surface area contributed by atoms with Crippen LogP contribution in [0.5, 0.6) is 0 Å². The molecular weight excluding hydrogens is 530 g/mol. The third kappa shape index (κ3) is 7.85.